The standard InChI is InChI=1S/C14H28N2O/c1-13(2,3)16-10-6-14(17,7-11-16)12-15-8-4-5-9-15/h17H,4-12H2,1-3H3. The van der Waals surface area contributed by atoms with Crippen LogP contribution < -0.4 is 0 Å². The third-order valence-electron chi connectivity index (χ3n) is 4.36. The number of likely N-dealkylation sites (tertiary alicyclic amines) is 2. The van der Waals surface area contributed by atoms with E-state index in [2.05, 4.69) is 30.6 Å². The molecule has 0 aromatic rings. The lowest BCUT2D eigenvalue weighted by Gasteiger charge is -2.45. The van der Waals surface area contributed by atoms with Gasteiger partial charge in [0, 0.05) is 25.2 Å². The van der Waals surface area contributed by atoms with Gasteiger partial charge in [-0.1, -0.05) is 0 Å². The van der Waals surface area contributed by atoms with E-state index in [-0.39, 0.29) is 5.54 Å². The summed E-state index contributed by atoms with van der Waals surface area (Å²) in [6.45, 7) is 12.1. The Hall–Kier alpha value is -0.120. The largest absolute Gasteiger partial charge is 0.388 e. The van der Waals surface area contributed by atoms with Gasteiger partial charge in [-0.2, -0.15) is 0 Å². The van der Waals surface area contributed by atoms with Gasteiger partial charge in [0.15, 0.2) is 0 Å². The predicted octanol–water partition coefficient (Wildman–Crippen LogP) is 1.71. The van der Waals surface area contributed by atoms with Crippen LogP contribution in [0.1, 0.15) is 46.5 Å². The van der Waals surface area contributed by atoms with Crippen molar-refractivity contribution in [3.63, 3.8) is 0 Å². The highest BCUT2D eigenvalue weighted by Crippen LogP contribution is 2.28. The molecule has 3 nitrogen and oxygen atoms in total. The van der Waals surface area contributed by atoms with Gasteiger partial charge in [0.2, 0.25) is 0 Å². The molecular formula is C14H28N2O. The summed E-state index contributed by atoms with van der Waals surface area (Å²) in [6, 6.07) is 0. The van der Waals surface area contributed by atoms with Crippen LogP contribution in [0.5, 0.6) is 0 Å². The van der Waals surface area contributed by atoms with Crippen molar-refractivity contribution >= 4 is 0 Å². The zero-order valence-electron chi connectivity index (χ0n) is 11.7. The van der Waals surface area contributed by atoms with Crippen molar-refractivity contribution in [1.82, 2.24) is 9.80 Å². The monoisotopic (exact) mass is 240 g/mol. The van der Waals surface area contributed by atoms with Crippen molar-refractivity contribution < 1.29 is 5.11 Å². The van der Waals surface area contributed by atoms with Crippen molar-refractivity contribution in [1.29, 1.82) is 0 Å². The van der Waals surface area contributed by atoms with Crippen LogP contribution in [0.15, 0.2) is 0 Å². The zero-order valence-corrected chi connectivity index (χ0v) is 11.7. The maximum Gasteiger partial charge on any atom is 0.0798 e. The molecule has 100 valence electrons. The van der Waals surface area contributed by atoms with E-state index in [9.17, 15) is 5.11 Å². The lowest BCUT2D eigenvalue weighted by molar-refractivity contribution is -0.0578. The van der Waals surface area contributed by atoms with Crippen LogP contribution in [0.2, 0.25) is 0 Å². The summed E-state index contributed by atoms with van der Waals surface area (Å²) in [6.07, 6.45) is 4.48. The Labute approximate surface area is 106 Å². The van der Waals surface area contributed by atoms with Crippen LogP contribution in [-0.2, 0) is 0 Å². The quantitative estimate of drug-likeness (QED) is 0.796. The fourth-order valence-electron chi connectivity index (χ4n) is 3.11. The van der Waals surface area contributed by atoms with Gasteiger partial charge in [-0.05, 0) is 59.5 Å². The van der Waals surface area contributed by atoms with Crippen molar-refractivity contribution in [3.8, 4) is 0 Å². The second kappa shape index (κ2) is 4.87. The fraction of sp³-hybridized carbons (Fsp3) is 1.00. The Bertz CT molecular complexity index is 245. The molecule has 0 saturated carbocycles. The van der Waals surface area contributed by atoms with E-state index in [1.165, 1.54) is 25.9 Å². The SMILES string of the molecule is CC(C)(C)N1CCC(O)(CN2CCCC2)CC1. The molecule has 0 radical (unpaired) electrons. The van der Waals surface area contributed by atoms with Crippen LogP contribution >= 0.6 is 0 Å². The van der Waals surface area contributed by atoms with Crippen molar-refractivity contribution in [2.45, 2.75) is 57.6 Å². The Morgan fingerprint density at radius 2 is 1.53 bits per heavy atom. The third kappa shape index (κ3) is 3.43. The number of hydrogen-bond donors (Lipinski definition) is 1. The molecule has 0 atom stereocenters. The molecule has 0 aromatic heterocycles. The number of hydrogen-bond acceptors (Lipinski definition) is 3. The first-order valence-corrected chi connectivity index (χ1v) is 7.09. The minimum absolute atomic E-state index is 0.245. The van der Waals surface area contributed by atoms with Gasteiger partial charge in [0.25, 0.3) is 0 Å². The summed E-state index contributed by atoms with van der Waals surface area (Å²) < 4.78 is 0. The van der Waals surface area contributed by atoms with E-state index in [0.29, 0.717) is 0 Å². The highest BCUT2D eigenvalue weighted by atomic mass is 16.3. The topological polar surface area (TPSA) is 26.7 Å². The molecule has 0 unspecified atom stereocenters. The highest BCUT2D eigenvalue weighted by molar-refractivity contribution is 4.92. The van der Waals surface area contributed by atoms with E-state index in [0.717, 1.165) is 32.5 Å². The zero-order chi connectivity index (χ0) is 12.5. The number of nitrogens with zero attached hydrogens (tertiary/aromatic N) is 2. The molecule has 0 aliphatic carbocycles. The van der Waals surface area contributed by atoms with Gasteiger partial charge in [0.05, 0.1) is 5.60 Å². The van der Waals surface area contributed by atoms with E-state index in [1.807, 2.05) is 0 Å². The average Bonchev–Trinajstić information content (AvgIpc) is 2.68. The Morgan fingerprint density at radius 1 is 1.00 bits per heavy atom. The third-order valence-corrected chi connectivity index (χ3v) is 4.36. The van der Waals surface area contributed by atoms with Crippen molar-refractivity contribution in [2.75, 3.05) is 32.7 Å². The number of piperidine rings is 1. The van der Waals surface area contributed by atoms with E-state index in [4.69, 9.17) is 0 Å². The van der Waals surface area contributed by atoms with Crippen molar-refractivity contribution in [3.05, 3.63) is 0 Å². The Balaban J connectivity index is 1.84. The van der Waals surface area contributed by atoms with Gasteiger partial charge in [-0.25, -0.2) is 0 Å². The Kier molecular flexibility index (Phi) is 3.81. The lowest BCUT2D eigenvalue weighted by Crippen LogP contribution is -2.54. The van der Waals surface area contributed by atoms with Gasteiger partial charge >= 0.3 is 0 Å². The van der Waals surface area contributed by atoms with Gasteiger partial charge in [-0.15, -0.1) is 0 Å². The van der Waals surface area contributed by atoms with E-state index >= 15 is 0 Å². The van der Waals surface area contributed by atoms with E-state index < -0.39 is 5.60 Å². The van der Waals surface area contributed by atoms with Gasteiger partial charge in [0.1, 0.15) is 0 Å². The first-order valence-electron chi connectivity index (χ1n) is 7.09. The van der Waals surface area contributed by atoms with Crippen LogP contribution in [0.25, 0.3) is 0 Å². The first-order chi connectivity index (χ1) is 7.89. The van der Waals surface area contributed by atoms with Crippen LogP contribution in [0.3, 0.4) is 0 Å². The summed E-state index contributed by atoms with van der Waals surface area (Å²) >= 11 is 0. The Morgan fingerprint density at radius 3 is 2.00 bits per heavy atom. The van der Waals surface area contributed by atoms with Crippen LogP contribution in [-0.4, -0.2) is 58.8 Å². The molecule has 2 rings (SSSR count). The molecule has 2 aliphatic rings. The lowest BCUT2D eigenvalue weighted by atomic mass is 9.88. The summed E-state index contributed by atoms with van der Waals surface area (Å²) in [5.41, 5.74) is -0.179. The molecule has 2 aliphatic heterocycles. The smallest absolute Gasteiger partial charge is 0.0798 e. The minimum Gasteiger partial charge on any atom is -0.388 e. The molecule has 3 heteroatoms. The summed E-state index contributed by atoms with van der Waals surface area (Å²) in [7, 11) is 0. The van der Waals surface area contributed by atoms with E-state index in [1.54, 1.807) is 0 Å². The van der Waals surface area contributed by atoms with Crippen LogP contribution in [0, 0.1) is 0 Å². The van der Waals surface area contributed by atoms with Gasteiger partial charge in [-0.3, -0.25) is 4.90 Å². The highest BCUT2D eigenvalue weighted by Gasteiger charge is 2.37. The van der Waals surface area contributed by atoms with Crippen molar-refractivity contribution in [2.24, 2.45) is 0 Å². The molecule has 0 amide bonds. The fourth-order valence-corrected chi connectivity index (χ4v) is 3.11. The van der Waals surface area contributed by atoms with Gasteiger partial charge < -0.3 is 10.0 Å². The number of rotatable bonds is 2. The maximum absolute atomic E-state index is 10.6. The number of β-amino-alcohol motifs (C(OH)–C–C–N with tert-alkyl or cyclic N) is 1. The summed E-state index contributed by atoms with van der Waals surface area (Å²) in [4.78, 5) is 4.93. The molecule has 0 bridgehead atoms. The summed E-state index contributed by atoms with van der Waals surface area (Å²) in [5.74, 6) is 0. The molecular weight excluding hydrogens is 212 g/mol. The minimum atomic E-state index is -0.425. The molecule has 0 spiro atoms. The maximum atomic E-state index is 10.6. The number of aliphatic hydroxyl groups is 1. The summed E-state index contributed by atoms with van der Waals surface area (Å²) in [5, 5.41) is 10.6. The van der Waals surface area contributed by atoms with Crippen LogP contribution in [0.4, 0.5) is 0 Å². The predicted molar refractivity (Wildman–Crippen MR) is 71.2 cm³/mol. The normalized spacial score (nSPS) is 27.5. The molecule has 2 heterocycles. The second-order valence-electron chi connectivity index (χ2n) is 6.87. The molecule has 2 saturated heterocycles. The second-order valence-corrected chi connectivity index (χ2v) is 6.87. The average molecular weight is 240 g/mol. The molecule has 1 N–H and O–H groups in total. The molecule has 0 aromatic carbocycles. The molecule has 17 heavy (non-hydrogen) atoms. The first kappa shape index (κ1) is 13.3. The molecule has 2 fully saturated rings.